The topological polar surface area (TPSA) is 128 Å². The third-order valence-electron chi connectivity index (χ3n) is 5.31. The van der Waals surface area contributed by atoms with Gasteiger partial charge in [-0.1, -0.05) is 19.0 Å². The van der Waals surface area contributed by atoms with Crippen molar-refractivity contribution in [3.05, 3.63) is 40.6 Å². The van der Waals surface area contributed by atoms with Crippen molar-refractivity contribution in [2.24, 2.45) is 11.8 Å². The Morgan fingerprint density at radius 2 is 1.94 bits per heavy atom. The van der Waals surface area contributed by atoms with E-state index in [9.17, 15) is 18.0 Å². The fraction of sp³-hybridized carbons (Fsp3) is 0.450. The predicted octanol–water partition coefficient (Wildman–Crippen LogP) is 2.20. The number of carbonyl (C=O) groups is 1. The van der Waals surface area contributed by atoms with E-state index >= 15 is 0 Å². The molecule has 2 atom stereocenters. The molecule has 1 N–H and O–H groups in total. The van der Waals surface area contributed by atoms with E-state index < -0.39 is 21.7 Å². The van der Waals surface area contributed by atoms with Gasteiger partial charge in [0.2, 0.25) is 15.9 Å². The molecule has 2 aromatic heterocycles. The Bertz CT molecular complexity index is 1280. The summed E-state index contributed by atoms with van der Waals surface area (Å²) in [5, 5.41) is 6.21. The number of piperidine rings is 1. The zero-order chi connectivity index (χ0) is 22.3. The molecule has 166 valence electrons. The summed E-state index contributed by atoms with van der Waals surface area (Å²) in [5.74, 6) is 0.0677. The molecule has 1 aromatic carbocycles. The first-order valence-corrected chi connectivity index (χ1v) is 11.4. The monoisotopic (exact) mass is 448 g/mol. The Morgan fingerprint density at radius 1 is 1.23 bits per heavy atom. The Kier molecular flexibility index (Phi) is 5.48. The number of hydrogen-bond acceptors (Lipinski definition) is 7. The van der Waals surface area contributed by atoms with Gasteiger partial charge in [0.05, 0.1) is 10.4 Å². The van der Waals surface area contributed by atoms with Gasteiger partial charge >= 0.3 is 5.76 Å². The van der Waals surface area contributed by atoms with E-state index in [1.807, 2.05) is 13.8 Å². The summed E-state index contributed by atoms with van der Waals surface area (Å²) in [6.45, 7) is 6.35. The number of benzene rings is 1. The summed E-state index contributed by atoms with van der Waals surface area (Å²) >= 11 is 0. The van der Waals surface area contributed by atoms with Gasteiger partial charge in [0.15, 0.2) is 11.4 Å². The molecule has 0 unspecified atom stereocenters. The molecule has 4 rings (SSSR count). The van der Waals surface area contributed by atoms with Crippen LogP contribution in [-0.2, 0) is 21.4 Å². The molecule has 1 saturated heterocycles. The third kappa shape index (κ3) is 4.28. The number of anilines is 1. The number of sulfonamides is 1. The standard InChI is InChI=1S/C20H24N4O6S/c1-12-6-13(2)10-23(9-12)31(27,28)15-4-5-16-17(8-15)29-20(26)24(16)11-19(25)21-18-7-14(3)30-22-18/h4-5,7-8,12-13H,6,9-11H2,1-3H3,(H,21,22,25)/t12-,13-/m0/s1. The Labute approximate surface area is 178 Å². The van der Waals surface area contributed by atoms with Crippen LogP contribution in [0.4, 0.5) is 5.82 Å². The van der Waals surface area contributed by atoms with Gasteiger partial charge in [-0.05, 0) is 37.3 Å². The van der Waals surface area contributed by atoms with Crippen molar-refractivity contribution in [2.75, 3.05) is 18.4 Å². The van der Waals surface area contributed by atoms with Gasteiger partial charge in [0, 0.05) is 25.2 Å². The van der Waals surface area contributed by atoms with Crippen LogP contribution < -0.4 is 11.1 Å². The summed E-state index contributed by atoms with van der Waals surface area (Å²) in [6.07, 6.45) is 0.985. The molecule has 1 aliphatic heterocycles. The highest BCUT2D eigenvalue weighted by molar-refractivity contribution is 7.89. The van der Waals surface area contributed by atoms with Crippen molar-refractivity contribution in [1.82, 2.24) is 14.0 Å². The molecule has 0 radical (unpaired) electrons. The molecule has 0 aliphatic carbocycles. The molecule has 10 nitrogen and oxygen atoms in total. The van der Waals surface area contributed by atoms with Gasteiger partial charge in [-0.15, -0.1) is 0 Å². The SMILES string of the molecule is Cc1cc(NC(=O)Cn2c(=O)oc3cc(S(=O)(=O)N4C[C@@H](C)C[C@H](C)C4)ccc32)no1. The normalized spacial score (nSPS) is 20.2. The minimum Gasteiger partial charge on any atom is -0.408 e. The van der Waals surface area contributed by atoms with Crippen molar-refractivity contribution in [3.8, 4) is 0 Å². The number of carbonyl (C=O) groups excluding carboxylic acids is 1. The van der Waals surface area contributed by atoms with E-state index in [0.29, 0.717) is 24.4 Å². The molecular formula is C20H24N4O6S. The number of amides is 1. The number of oxazole rings is 1. The summed E-state index contributed by atoms with van der Waals surface area (Å²) in [5.41, 5.74) is 0.435. The zero-order valence-corrected chi connectivity index (χ0v) is 18.3. The molecule has 0 bridgehead atoms. The maximum absolute atomic E-state index is 13.1. The second-order valence-corrected chi connectivity index (χ2v) is 10.2. The van der Waals surface area contributed by atoms with Crippen LogP contribution in [0.1, 0.15) is 26.0 Å². The van der Waals surface area contributed by atoms with Crippen LogP contribution in [0, 0.1) is 18.8 Å². The highest BCUT2D eigenvalue weighted by Crippen LogP contribution is 2.28. The second kappa shape index (κ2) is 7.97. The van der Waals surface area contributed by atoms with Crippen molar-refractivity contribution in [2.45, 2.75) is 38.6 Å². The first-order chi connectivity index (χ1) is 14.6. The Balaban J connectivity index is 1.59. The number of rotatable bonds is 5. The third-order valence-corrected chi connectivity index (χ3v) is 7.14. The number of hydrogen-bond donors (Lipinski definition) is 1. The second-order valence-electron chi connectivity index (χ2n) is 8.22. The van der Waals surface area contributed by atoms with Crippen LogP contribution in [-0.4, -0.2) is 41.4 Å². The van der Waals surface area contributed by atoms with E-state index in [0.717, 1.165) is 11.0 Å². The lowest BCUT2D eigenvalue weighted by molar-refractivity contribution is -0.116. The molecule has 3 heterocycles. The van der Waals surface area contributed by atoms with Gasteiger partial charge in [0.25, 0.3) is 0 Å². The Hall–Kier alpha value is -2.92. The van der Waals surface area contributed by atoms with Crippen LogP contribution in [0.15, 0.2) is 42.9 Å². The molecule has 1 fully saturated rings. The molecule has 1 amide bonds. The summed E-state index contributed by atoms with van der Waals surface area (Å²) in [6, 6.07) is 5.81. The molecule has 3 aromatic rings. The molecule has 31 heavy (non-hydrogen) atoms. The maximum atomic E-state index is 13.1. The van der Waals surface area contributed by atoms with Crippen molar-refractivity contribution in [1.29, 1.82) is 0 Å². The average Bonchev–Trinajstić information content (AvgIpc) is 3.23. The van der Waals surface area contributed by atoms with E-state index in [2.05, 4.69) is 10.5 Å². The van der Waals surface area contributed by atoms with Crippen molar-refractivity contribution >= 4 is 32.8 Å². The quantitative estimate of drug-likeness (QED) is 0.634. The Morgan fingerprint density at radius 3 is 2.58 bits per heavy atom. The fourth-order valence-electron chi connectivity index (χ4n) is 4.06. The van der Waals surface area contributed by atoms with Gasteiger partial charge in [-0.25, -0.2) is 13.2 Å². The smallest absolute Gasteiger partial charge is 0.408 e. The van der Waals surface area contributed by atoms with Crippen molar-refractivity contribution in [3.63, 3.8) is 0 Å². The van der Waals surface area contributed by atoms with Gasteiger partial charge in [0.1, 0.15) is 12.3 Å². The number of nitrogens with zero attached hydrogens (tertiary/aromatic N) is 3. The zero-order valence-electron chi connectivity index (χ0n) is 17.5. The van der Waals surface area contributed by atoms with Crippen LogP contribution in [0.3, 0.4) is 0 Å². The maximum Gasteiger partial charge on any atom is 0.420 e. The average molecular weight is 449 g/mol. The number of aryl methyl sites for hydroxylation is 1. The molecular weight excluding hydrogens is 424 g/mol. The fourth-order valence-corrected chi connectivity index (χ4v) is 5.75. The highest BCUT2D eigenvalue weighted by Gasteiger charge is 2.32. The summed E-state index contributed by atoms with van der Waals surface area (Å²) < 4.78 is 39.0. The first kappa shape index (κ1) is 21.3. The van der Waals surface area contributed by atoms with Gasteiger partial charge < -0.3 is 14.3 Å². The summed E-state index contributed by atoms with van der Waals surface area (Å²) in [4.78, 5) is 24.6. The van der Waals surface area contributed by atoms with Gasteiger partial charge in [-0.3, -0.25) is 9.36 Å². The number of aromatic nitrogens is 2. The summed E-state index contributed by atoms with van der Waals surface area (Å²) in [7, 11) is -3.72. The lowest BCUT2D eigenvalue weighted by atomic mass is 9.94. The largest absolute Gasteiger partial charge is 0.420 e. The molecule has 0 spiro atoms. The number of nitrogens with one attached hydrogen (secondary N) is 1. The van der Waals surface area contributed by atoms with Gasteiger partial charge in [-0.2, -0.15) is 4.31 Å². The van der Waals surface area contributed by atoms with E-state index in [-0.39, 0.29) is 34.7 Å². The predicted molar refractivity (Wildman–Crippen MR) is 112 cm³/mol. The lowest BCUT2D eigenvalue weighted by Gasteiger charge is -2.34. The van der Waals surface area contributed by atoms with Crippen LogP contribution >= 0.6 is 0 Å². The molecule has 11 heteroatoms. The highest BCUT2D eigenvalue weighted by atomic mass is 32.2. The lowest BCUT2D eigenvalue weighted by Crippen LogP contribution is -2.42. The minimum atomic E-state index is -3.72. The van der Waals surface area contributed by atoms with Crippen LogP contribution in [0.25, 0.3) is 11.1 Å². The molecule has 0 saturated carbocycles. The molecule has 1 aliphatic rings. The number of fused-ring (bicyclic) bond motifs is 1. The van der Waals surface area contributed by atoms with Crippen LogP contribution in [0.5, 0.6) is 0 Å². The van der Waals surface area contributed by atoms with Crippen molar-refractivity contribution < 1.29 is 22.2 Å². The first-order valence-electron chi connectivity index (χ1n) is 10.00. The van der Waals surface area contributed by atoms with E-state index in [1.165, 1.54) is 22.5 Å². The van der Waals surface area contributed by atoms with Crippen LogP contribution in [0.2, 0.25) is 0 Å². The van der Waals surface area contributed by atoms with E-state index in [4.69, 9.17) is 8.94 Å². The minimum absolute atomic E-state index is 0.0599. The van der Waals surface area contributed by atoms with E-state index in [1.54, 1.807) is 13.0 Å².